The molecule has 3 rings (SSSR count). The van der Waals surface area contributed by atoms with Crippen LogP contribution in [0, 0.1) is 13.8 Å². The van der Waals surface area contributed by atoms with Crippen LogP contribution < -0.4 is 26.4 Å². The number of carbonyl (C=O) groups excluding carboxylic acids is 1. The molecule has 10 heteroatoms. The quantitative estimate of drug-likeness (QED) is 0.658. The molecule has 0 fully saturated rings. The van der Waals surface area contributed by atoms with Crippen LogP contribution in [0.25, 0.3) is 0 Å². The summed E-state index contributed by atoms with van der Waals surface area (Å²) in [5, 5.41) is 2.90. The van der Waals surface area contributed by atoms with Crippen molar-refractivity contribution in [2.75, 3.05) is 30.8 Å². The van der Waals surface area contributed by atoms with Crippen molar-refractivity contribution >= 4 is 29.4 Å². The van der Waals surface area contributed by atoms with Crippen LogP contribution in [0.3, 0.4) is 0 Å². The number of rotatable bonds is 5. The van der Waals surface area contributed by atoms with Gasteiger partial charge in [-0.25, -0.2) is 9.78 Å². The predicted molar refractivity (Wildman–Crippen MR) is 103 cm³/mol. The second-order valence-corrected chi connectivity index (χ2v) is 6.84. The minimum absolute atomic E-state index is 0.0958. The Balaban J connectivity index is 1.95. The number of nitrogens with two attached hydrogens (primary N) is 2. The van der Waals surface area contributed by atoms with Crippen molar-refractivity contribution in [2.24, 2.45) is 5.73 Å². The van der Waals surface area contributed by atoms with Gasteiger partial charge in [-0.15, -0.1) is 0 Å². The monoisotopic (exact) mass is 391 g/mol. The lowest BCUT2D eigenvalue weighted by Crippen LogP contribution is -2.34. The van der Waals surface area contributed by atoms with Crippen LogP contribution in [0.15, 0.2) is 6.20 Å². The third-order valence-corrected chi connectivity index (χ3v) is 4.95. The van der Waals surface area contributed by atoms with E-state index in [1.54, 1.807) is 13.3 Å². The van der Waals surface area contributed by atoms with Crippen LogP contribution in [0.4, 0.5) is 16.6 Å². The number of methoxy groups -OCH3 is 1. The van der Waals surface area contributed by atoms with E-state index in [-0.39, 0.29) is 17.0 Å². The first-order valence-corrected chi connectivity index (χ1v) is 8.79. The van der Waals surface area contributed by atoms with Gasteiger partial charge in [-0.3, -0.25) is 4.98 Å². The fraction of sp³-hybridized carbons (Fsp3) is 0.412. The van der Waals surface area contributed by atoms with Crippen molar-refractivity contribution in [1.82, 2.24) is 20.3 Å². The molecule has 2 amide bonds. The molecule has 0 bridgehead atoms. The number of halogens is 1. The van der Waals surface area contributed by atoms with Crippen LogP contribution in [-0.2, 0) is 6.54 Å². The van der Waals surface area contributed by atoms with E-state index < -0.39 is 6.03 Å². The molecule has 3 heterocycles. The number of hydrogen-bond acceptors (Lipinski definition) is 7. The fourth-order valence-electron chi connectivity index (χ4n) is 3.42. The van der Waals surface area contributed by atoms with Gasteiger partial charge in [0, 0.05) is 41.9 Å². The highest BCUT2D eigenvalue weighted by molar-refractivity contribution is 6.30. The second-order valence-electron chi connectivity index (χ2n) is 6.48. The zero-order valence-corrected chi connectivity index (χ0v) is 16.2. The van der Waals surface area contributed by atoms with Crippen LogP contribution in [0.5, 0.6) is 5.75 Å². The number of amides is 2. The molecule has 0 spiro atoms. The smallest absolute Gasteiger partial charge is 0.312 e. The SMILES string of the molecule is COc1c(C)cnc(CN2C[C@@H](CNC(N)=O)c3c(Cl)nc(N)nc32)c1C. The summed E-state index contributed by atoms with van der Waals surface area (Å²) >= 11 is 6.32. The lowest BCUT2D eigenvalue weighted by Gasteiger charge is -2.21. The largest absolute Gasteiger partial charge is 0.496 e. The third-order valence-electron chi connectivity index (χ3n) is 4.66. The summed E-state index contributed by atoms with van der Waals surface area (Å²) in [7, 11) is 1.64. The molecule has 27 heavy (non-hydrogen) atoms. The first-order chi connectivity index (χ1) is 12.8. The van der Waals surface area contributed by atoms with Gasteiger partial charge in [0.15, 0.2) is 0 Å². The summed E-state index contributed by atoms with van der Waals surface area (Å²) < 4.78 is 5.49. The highest BCUT2D eigenvalue weighted by atomic mass is 35.5. The van der Waals surface area contributed by atoms with E-state index in [4.69, 9.17) is 27.8 Å². The van der Waals surface area contributed by atoms with Crippen molar-refractivity contribution in [3.05, 3.63) is 33.7 Å². The molecular formula is C17H22ClN7O2. The van der Waals surface area contributed by atoms with E-state index in [0.29, 0.717) is 25.5 Å². The number of ether oxygens (including phenoxy) is 1. The van der Waals surface area contributed by atoms with Crippen LogP contribution in [0.1, 0.15) is 28.3 Å². The van der Waals surface area contributed by atoms with Crippen LogP contribution in [-0.4, -0.2) is 41.2 Å². The van der Waals surface area contributed by atoms with Gasteiger partial charge < -0.3 is 26.4 Å². The molecule has 2 aromatic heterocycles. The van der Waals surface area contributed by atoms with Gasteiger partial charge >= 0.3 is 6.03 Å². The Labute approximate surface area is 162 Å². The van der Waals surface area contributed by atoms with Gasteiger partial charge in [0.05, 0.1) is 19.3 Å². The van der Waals surface area contributed by atoms with E-state index in [2.05, 4.69) is 20.3 Å². The van der Waals surface area contributed by atoms with Crippen molar-refractivity contribution in [3.8, 4) is 5.75 Å². The van der Waals surface area contributed by atoms with Crippen molar-refractivity contribution in [1.29, 1.82) is 0 Å². The Kier molecular flexibility index (Phi) is 5.22. The Morgan fingerprint density at radius 3 is 2.85 bits per heavy atom. The minimum atomic E-state index is -0.594. The Bertz CT molecular complexity index is 890. The fourth-order valence-corrected chi connectivity index (χ4v) is 3.75. The molecule has 0 radical (unpaired) electrons. The lowest BCUT2D eigenvalue weighted by molar-refractivity contribution is 0.248. The first kappa shape index (κ1) is 19.0. The summed E-state index contributed by atoms with van der Waals surface area (Å²) in [5.41, 5.74) is 14.5. The van der Waals surface area contributed by atoms with Crippen molar-refractivity contribution in [3.63, 3.8) is 0 Å². The molecule has 0 aromatic carbocycles. The molecule has 2 aromatic rings. The summed E-state index contributed by atoms with van der Waals surface area (Å²) in [5.74, 6) is 1.45. The molecule has 0 saturated heterocycles. The van der Waals surface area contributed by atoms with E-state index in [1.165, 1.54) is 0 Å². The summed E-state index contributed by atoms with van der Waals surface area (Å²) in [6, 6.07) is -0.594. The number of aryl methyl sites for hydroxylation is 1. The van der Waals surface area contributed by atoms with E-state index in [9.17, 15) is 4.79 Å². The molecule has 1 aliphatic heterocycles. The maximum absolute atomic E-state index is 11.1. The number of nitrogens with one attached hydrogen (secondary N) is 1. The molecule has 9 nitrogen and oxygen atoms in total. The second kappa shape index (κ2) is 7.43. The normalized spacial score (nSPS) is 15.6. The third kappa shape index (κ3) is 3.68. The summed E-state index contributed by atoms with van der Waals surface area (Å²) in [6.07, 6.45) is 1.78. The Hall–Kier alpha value is -2.81. The predicted octanol–water partition coefficient (Wildman–Crippen LogP) is 1.50. The zero-order chi connectivity index (χ0) is 19.7. The van der Waals surface area contributed by atoms with E-state index in [0.717, 1.165) is 28.1 Å². The Morgan fingerprint density at radius 1 is 1.44 bits per heavy atom. The standard InChI is InChI=1S/C17H22ClN7O2/c1-8-4-21-11(9(2)13(8)27-3)7-25-6-10(5-22-17(20)26)12-14(18)23-16(19)24-15(12)25/h4,10H,5-7H2,1-3H3,(H2,19,23,24)(H3,20,22,26)/t10-/m1/s1. The highest BCUT2D eigenvalue weighted by Gasteiger charge is 2.34. The number of primary amides is 1. The topological polar surface area (TPSA) is 132 Å². The van der Waals surface area contributed by atoms with Crippen LogP contribution in [0.2, 0.25) is 5.15 Å². The Morgan fingerprint density at radius 2 is 2.19 bits per heavy atom. The first-order valence-electron chi connectivity index (χ1n) is 8.42. The maximum Gasteiger partial charge on any atom is 0.312 e. The molecule has 1 atom stereocenters. The number of nitrogen functional groups attached to an aromatic ring is 1. The summed E-state index contributed by atoms with van der Waals surface area (Å²) in [4.78, 5) is 26.1. The average Bonchev–Trinajstić information content (AvgIpc) is 2.94. The lowest BCUT2D eigenvalue weighted by atomic mass is 10.1. The number of fused-ring (bicyclic) bond motifs is 1. The average molecular weight is 392 g/mol. The number of urea groups is 1. The van der Waals surface area contributed by atoms with Gasteiger partial charge in [0.25, 0.3) is 0 Å². The number of aromatic nitrogens is 3. The molecule has 0 unspecified atom stereocenters. The maximum atomic E-state index is 11.1. The number of nitrogens with zero attached hydrogens (tertiary/aromatic N) is 4. The minimum Gasteiger partial charge on any atom is -0.496 e. The van der Waals surface area contributed by atoms with Crippen LogP contribution >= 0.6 is 11.6 Å². The number of anilines is 2. The summed E-state index contributed by atoms with van der Waals surface area (Å²) in [6.45, 7) is 5.32. The van der Waals surface area contributed by atoms with Gasteiger partial charge in [0.1, 0.15) is 16.7 Å². The van der Waals surface area contributed by atoms with Gasteiger partial charge in [-0.1, -0.05) is 11.6 Å². The van der Waals surface area contributed by atoms with Gasteiger partial charge in [-0.2, -0.15) is 4.98 Å². The number of carbonyl (C=O) groups is 1. The molecule has 1 aliphatic rings. The van der Waals surface area contributed by atoms with Crippen molar-refractivity contribution in [2.45, 2.75) is 26.3 Å². The van der Waals surface area contributed by atoms with Gasteiger partial charge in [0.2, 0.25) is 5.95 Å². The zero-order valence-electron chi connectivity index (χ0n) is 15.4. The van der Waals surface area contributed by atoms with Gasteiger partial charge in [-0.05, 0) is 13.8 Å². The molecule has 5 N–H and O–H groups in total. The number of hydrogen-bond donors (Lipinski definition) is 3. The number of pyridine rings is 1. The molecule has 0 saturated carbocycles. The van der Waals surface area contributed by atoms with E-state index in [1.807, 2.05) is 18.7 Å². The molecule has 0 aliphatic carbocycles. The molecule has 144 valence electrons. The van der Waals surface area contributed by atoms with E-state index >= 15 is 0 Å². The highest BCUT2D eigenvalue weighted by Crippen LogP contribution is 2.40. The van der Waals surface area contributed by atoms with Crippen molar-refractivity contribution < 1.29 is 9.53 Å². The molecular weight excluding hydrogens is 370 g/mol.